The highest BCUT2D eigenvalue weighted by Crippen LogP contribution is 2.36. The fraction of sp³-hybridized carbons (Fsp3) is 0.625. The summed E-state index contributed by atoms with van der Waals surface area (Å²) in [5, 5.41) is 3.64. The molecule has 0 aromatic heterocycles. The summed E-state index contributed by atoms with van der Waals surface area (Å²) in [6.07, 6.45) is 5.11. The molecule has 2 nitrogen and oxygen atoms in total. The fourth-order valence-electron chi connectivity index (χ4n) is 3.30. The third-order valence-electron chi connectivity index (χ3n) is 4.54. The number of nitrogens with one attached hydrogen (secondary N) is 1. The van der Waals surface area contributed by atoms with Gasteiger partial charge < -0.3 is 5.32 Å². The maximum Gasteiger partial charge on any atom is 0.137 e. The quantitative estimate of drug-likeness (QED) is 0.898. The van der Waals surface area contributed by atoms with E-state index in [4.69, 9.17) is 0 Å². The molecule has 3 rings (SSSR count). The monoisotopic (exact) mass is 340 g/mol. The minimum Gasteiger partial charge on any atom is -0.314 e. The fourth-order valence-corrected chi connectivity index (χ4v) is 3.55. The van der Waals surface area contributed by atoms with Crippen molar-refractivity contribution >= 4 is 15.9 Å². The Hall–Kier alpha value is -0.450. The first-order chi connectivity index (χ1) is 9.65. The number of benzene rings is 1. The van der Waals surface area contributed by atoms with Crippen molar-refractivity contribution in [3.05, 3.63) is 34.1 Å². The molecule has 2 aliphatic rings. The topological polar surface area (TPSA) is 15.3 Å². The summed E-state index contributed by atoms with van der Waals surface area (Å²) >= 11 is 3.24. The van der Waals surface area contributed by atoms with E-state index in [0.717, 1.165) is 24.7 Å². The molecular weight excluding hydrogens is 319 g/mol. The Morgan fingerprint density at radius 1 is 1.35 bits per heavy atom. The van der Waals surface area contributed by atoms with Crippen molar-refractivity contribution in [3.63, 3.8) is 0 Å². The Morgan fingerprint density at radius 3 is 2.85 bits per heavy atom. The smallest absolute Gasteiger partial charge is 0.137 e. The van der Waals surface area contributed by atoms with Crippen LogP contribution in [0.1, 0.15) is 37.3 Å². The van der Waals surface area contributed by atoms with Crippen LogP contribution in [0.15, 0.2) is 22.7 Å². The summed E-state index contributed by atoms with van der Waals surface area (Å²) in [4.78, 5) is 2.38. The largest absolute Gasteiger partial charge is 0.314 e. The zero-order valence-corrected chi connectivity index (χ0v) is 13.5. The summed E-state index contributed by atoms with van der Waals surface area (Å²) in [6.45, 7) is 2.15. The Kier molecular flexibility index (Phi) is 4.43. The van der Waals surface area contributed by atoms with Crippen molar-refractivity contribution in [3.8, 4) is 0 Å². The molecule has 0 bridgehead atoms. The van der Waals surface area contributed by atoms with Crippen LogP contribution < -0.4 is 5.32 Å². The van der Waals surface area contributed by atoms with E-state index in [1.54, 1.807) is 6.07 Å². The van der Waals surface area contributed by atoms with Gasteiger partial charge in [0, 0.05) is 18.6 Å². The molecule has 1 saturated carbocycles. The van der Waals surface area contributed by atoms with Gasteiger partial charge in [0.25, 0.3) is 0 Å². The highest BCUT2D eigenvalue weighted by atomic mass is 79.9. The van der Waals surface area contributed by atoms with Crippen LogP contribution >= 0.6 is 15.9 Å². The first-order valence-corrected chi connectivity index (χ1v) is 8.33. The van der Waals surface area contributed by atoms with Crippen LogP contribution in [-0.4, -0.2) is 31.1 Å². The first kappa shape index (κ1) is 14.5. The Labute approximate surface area is 128 Å². The van der Waals surface area contributed by atoms with Gasteiger partial charge >= 0.3 is 0 Å². The molecule has 0 spiro atoms. The van der Waals surface area contributed by atoms with Crippen LogP contribution in [0.2, 0.25) is 0 Å². The third-order valence-corrected chi connectivity index (χ3v) is 5.18. The molecule has 1 N–H and O–H groups in total. The van der Waals surface area contributed by atoms with Gasteiger partial charge in [0.15, 0.2) is 0 Å². The molecule has 1 aliphatic carbocycles. The van der Waals surface area contributed by atoms with Gasteiger partial charge in [-0.25, -0.2) is 4.39 Å². The van der Waals surface area contributed by atoms with Crippen LogP contribution in [0.5, 0.6) is 0 Å². The van der Waals surface area contributed by atoms with Gasteiger partial charge in [0.05, 0.1) is 4.47 Å². The number of rotatable bonds is 4. The van der Waals surface area contributed by atoms with Crippen molar-refractivity contribution in [1.82, 2.24) is 10.2 Å². The van der Waals surface area contributed by atoms with Crippen molar-refractivity contribution in [1.29, 1.82) is 0 Å². The Balaban J connectivity index is 1.78. The minimum absolute atomic E-state index is 0.157. The number of hydrogen-bond donors (Lipinski definition) is 1. The second-order valence-corrected chi connectivity index (χ2v) is 7.04. The molecule has 1 aliphatic heterocycles. The lowest BCUT2D eigenvalue weighted by Crippen LogP contribution is -2.41. The van der Waals surface area contributed by atoms with Crippen LogP contribution in [-0.2, 0) is 0 Å². The van der Waals surface area contributed by atoms with E-state index in [-0.39, 0.29) is 5.82 Å². The van der Waals surface area contributed by atoms with Gasteiger partial charge in [0.2, 0.25) is 0 Å². The summed E-state index contributed by atoms with van der Waals surface area (Å²) in [7, 11) is 2.16. The Bertz CT molecular complexity index is 476. The highest BCUT2D eigenvalue weighted by molar-refractivity contribution is 9.10. The second kappa shape index (κ2) is 6.12. The van der Waals surface area contributed by atoms with E-state index in [2.05, 4.69) is 39.3 Å². The van der Waals surface area contributed by atoms with Crippen LogP contribution in [0.4, 0.5) is 4.39 Å². The van der Waals surface area contributed by atoms with Gasteiger partial charge in [-0.15, -0.1) is 0 Å². The summed E-state index contributed by atoms with van der Waals surface area (Å²) < 4.78 is 14.4. The van der Waals surface area contributed by atoms with E-state index < -0.39 is 0 Å². The molecule has 2 fully saturated rings. The van der Waals surface area contributed by atoms with Crippen molar-refractivity contribution in [2.75, 3.05) is 20.1 Å². The number of nitrogens with zero attached hydrogens (tertiary/aromatic N) is 1. The lowest BCUT2D eigenvalue weighted by molar-refractivity contribution is 0.119. The normalized spacial score (nSPS) is 27.8. The van der Waals surface area contributed by atoms with Gasteiger partial charge in [0.1, 0.15) is 5.82 Å². The molecule has 110 valence electrons. The maximum absolute atomic E-state index is 13.8. The second-order valence-electron chi connectivity index (χ2n) is 6.18. The minimum atomic E-state index is -0.157. The van der Waals surface area contributed by atoms with Gasteiger partial charge in [-0.3, -0.25) is 4.90 Å². The predicted octanol–water partition coefficient (Wildman–Crippen LogP) is 3.72. The highest BCUT2D eigenvalue weighted by Gasteiger charge is 2.32. The van der Waals surface area contributed by atoms with Crippen LogP contribution in [0, 0.1) is 11.7 Å². The summed E-state index contributed by atoms with van der Waals surface area (Å²) in [5.74, 6) is 0.422. The van der Waals surface area contributed by atoms with Crippen LogP contribution in [0.25, 0.3) is 0 Å². The number of likely N-dealkylation sites (tertiary alicyclic amines) is 1. The molecule has 0 amide bonds. The lowest BCUT2D eigenvalue weighted by atomic mass is 9.85. The third kappa shape index (κ3) is 3.23. The van der Waals surface area contributed by atoms with Crippen molar-refractivity contribution in [2.45, 2.75) is 37.8 Å². The van der Waals surface area contributed by atoms with E-state index in [1.807, 2.05) is 6.07 Å². The van der Waals surface area contributed by atoms with Gasteiger partial charge in [-0.05, 0) is 78.8 Å². The molecule has 2 atom stereocenters. The van der Waals surface area contributed by atoms with Crippen LogP contribution in [0.3, 0.4) is 0 Å². The van der Waals surface area contributed by atoms with E-state index >= 15 is 0 Å². The molecule has 1 heterocycles. The number of hydrogen-bond acceptors (Lipinski definition) is 2. The SMILES string of the molecule is CN1CCCC(CNC2CC2)C1c1ccc(Br)c(F)c1. The van der Waals surface area contributed by atoms with Crippen molar-refractivity contribution < 1.29 is 4.39 Å². The summed E-state index contributed by atoms with van der Waals surface area (Å²) in [6, 6.07) is 6.66. The molecule has 0 radical (unpaired) electrons. The molecule has 1 aromatic rings. The van der Waals surface area contributed by atoms with Gasteiger partial charge in [-0.2, -0.15) is 0 Å². The molecule has 1 saturated heterocycles. The number of piperidine rings is 1. The van der Waals surface area contributed by atoms with Gasteiger partial charge in [-0.1, -0.05) is 6.07 Å². The average Bonchev–Trinajstić information content (AvgIpc) is 3.24. The molecule has 1 aromatic carbocycles. The van der Waals surface area contributed by atoms with E-state index in [0.29, 0.717) is 16.4 Å². The predicted molar refractivity (Wildman–Crippen MR) is 83.2 cm³/mol. The standard InChI is InChI=1S/C16H22BrFN2/c1-20-8-2-3-12(10-19-13-5-6-13)16(20)11-4-7-14(17)15(18)9-11/h4,7,9,12-13,16,19H,2-3,5-6,8,10H2,1H3. The molecule has 4 heteroatoms. The summed E-state index contributed by atoms with van der Waals surface area (Å²) in [5.41, 5.74) is 1.11. The Morgan fingerprint density at radius 2 is 2.15 bits per heavy atom. The zero-order chi connectivity index (χ0) is 14.1. The molecule has 20 heavy (non-hydrogen) atoms. The molecular formula is C16H22BrFN2. The van der Waals surface area contributed by atoms with E-state index in [1.165, 1.54) is 25.7 Å². The maximum atomic E-state index is 13.8. The number of halogens is 2. The van der Waals surface area contributed by atoms with E-state index in [9.17, 15) is 4.39 Å². The van der Waals surface area contributed by atoms with Crippen molar-refractivity contribution in [2.24, 2.45) is 5.92 Å². The molecule has 2 unspecified atom stereocenters. The zero-order valence-electron chi connectivity index (χ0n) is 11.9. The lowest BCUT2D eigenvalue weighted by Gasteiger charge is -2.40. The average molecular weight is 341 g/mol. The first-order valence-electron chi connectivity index (χ1n) is 7.53.